The molecule has 0 unspecified atom stereocenters. The minimum atomic E-state index is -0.180. The highest BCUT2D eigenvalue weighted by molar-refractivity contribution is 7.71. The van der Waals surface area contributed by atoms with Crippen LogP contribution in [0.15, 0.2) is 78.9 Å². The van der Waals surface area contributed by atoms with E-state index in [1.54, 1.807) is 11.7 Å². The number of nitrogens with zero attached hydrogens (tertiary/aromatic N) is 2. The van der Waals surface area contributed by atoms with E-state index in [0.717, 1.165) is 28.2 Å². The Morgan fingerprint density at radius 3 is 2.52 bits per heavy atom. The molecule has 0 atom stereocenters. The topological polar surface area (TPSA) is 81.2 Å². The Morgan fingerprint density at radius 2 is 1.76 bits per heavy atom. The van der Waals surface area contributed by atoms with Crippen LogP contribution in [0.2, 0.25) is 0 Å². The summed E-state index contributed by atoms with van der Waals surface area (Å²) in [5, 5.41) is 10.0. The maximum Gasteiger partial charge on any atom is 0.240 e. The summed E-state index contributed by atoms with van der Waals surface area (Å²) in [6, 6.07) is 25.0. The number of nitrogens with one attached hydrogen (secondary N) is 2. The predicted octanol–water partition coefficient (Wildman–Crippen LogP) is 4.51. The fourth-order valence-electron chi connectivity index (χ4n) is 3.34. The van der Waals surface area contributed by atoms with Gasteiger partial charge in [0.15, 0.2) is 10.6 Å². The molecular formula is C25H24N4O3S. The molecule has 4 aromatic rings. The molecular weight excluding hydrogens is 436 g/mol. The maximum atomic E-state index is 12.7. The first-order valence-electron chi connectivity index (χ1n) is 10.4. The molecule has 0 saturated carbocycles. The highest BCUT2D eigenvalue weighted by Gasteiger charge is 2.13. The zero-order valence-electron chi connectivity index (χ0n) is 18.2. The second-order valence-corrected chi connectivity index (χ2v) is 7.71. The van der Waals surface area contributed by atoms with Gasteiger partial charge < -0.3 is 14.8 Å². The summed E-state index contributed by atoms with van der Waals surface area (Å²) in [5.74, 6) is 1.88. The van der Waals surface area contributed by atoms with Gasteiger partial charge in [-0.2, -0.15) is 5.10 Å². The van der Waals surface area contributed by atoms with Crippen molar-refractivity contribution in [3.63, 3.8) is 0 Å². The van der Waals surface area contributed by atoms with Gasteiger partial charge in [0.05, 0.1) is 7.11 Å². The van der Waals surface area contributed by atoms with Crippen molar-refractivity contribution in [3.05, 3.63) is 94.8 Å². The zero-order valence-corrected chi connectivity index (χ0v) is 19.0. The van der Waals surface area contributed by atoms with Crippen LogP contribution in [0.5, 0.6) is 11.5 Å². The third-order valence-corrected chi connectivity index (χ3v) is 5.41. The number of benzene rings is 3. The van der Waals surface area contributed by atoms with E-state index >= 15 is 0 Å². The average molecular weight is 461 g/mol. The van der Waals surface area contributed by atoms with E-state index in [1.165, 1.54) is 0 Å². The normalized spacial score (nSPS) is 10.6. The summed E-state index contributed by atoms with van der Waals surface area (Å²) in [6.07, 6.45) is 0. The molecule has 0 saturated heterocycles. The number of carbonyl (C=O) groups excluding carboxylic acids is 1. The van der Waals surface area contributed by atoms with Crippen molar-refractivity contribution in [2.45, 2.75) is 19.7 Å². The first-order chi connectivity index (χ1) is 16.1. The SMILES string of the molecule is COc1ccc(-c2n[nH]c(=S)n2CC(=O)NCc2ccccc2OCc2ccccc2)cc1. The van der Waals surface area contributed by atoms with Crippen molar-refractivity contribution in [2.75, 3.05) is 7.11 Å². The molecule has 0 radical (unpaired) electrons. The Hall–Kier alpha value is -3.91. The summed E-state index contributed by atoms with van der Waals surface area (Å²) in [6.45, 7) is 0.845. The highest BCUT2D eigenvalue weighted by atomic mass is 32.1. The van der Waals surface area contributed by atoms with E-state index in [0.29, 0.717) is 23.7 Å². The van der Waals surface area contributed by atoms with Crippen molar-refractivity contribution in [2.24, 2.45) is 0 Å². The number of rotatable bonds is 9. The van der Waals surface area contributed by atoms with Gasteiger partial charge in [-0.25, -0.2) is 0 Å². The van der Waals surface area contributed by atoms with Crippen LogP contribution in [0.25, 0.3) is 11.4 Å². The summed E-state index contributed by atoms with van der Waals surface area (Å²) >= 11 is 5.34. The molecule has 2 N–H and O–H groups in total. The monoisotopic (exact) mass is 460 g/mol. The van der Waals surface area contributed by atoms with Gasteiger partial charge in [0.1, 0.15) is 24.7 Å². The first kappa shape index (κ1) is 22.3. The van der Waals surface area contributed by atoms with Gasteiger partial charge in [-0.1, -0.05) is 48.5 Å². The van der Waals surface area contributed by atoms with E-state index in [2.05, 4.69) is 15.5 Å². The molecule has 0 aliphatic carbocycles. The number of ether oxygens (including phenoxy) is 2. The molecule has 0 aliphatic rings. The van der Waals surface area contributed by atoms with Crippen LogP contribution < -0.4 is 14.8 Å². The van der Waals surface area contributed by atoms with Gasteiger partial charge in [-0.05, 0) is 48.1 Å². The average Bonchev–Trinajstić information content (AvgIpc) is 3.22. The highest BCUT2D eigenvalue weighted by Crippen LogP contribution is 2.21. The lowest BCUT2D eigenvalue weighted by Crippen LogP contribution is -2.27. The standard InChI is InChI=1S/C25H24N4O3S/c1-31-21-13-11-19(12-14-21)24-27-28-25(33)29(24)16-23(30)26-15-20-9-5-6-10-22(20)32-17-18-7-3-2-4-8-18/h2-14H,15-17H2,1H3,(H,26,30)(H,28,33). The van der Waals surface area contributed by atoms with Gasteiger partial charge in [0.25, 0.3) is 0 Å². The lowest BCUT2D eigenvalue weighted by molar-refractivity contribution is -0.121. The molecule has 3 aromatic carbocycles. The molecule has 168 valence electrons. The Morgan fingerprint density at radius 1 is 1.03 bits per heavy atom. The number of aromatic amines is 1. The van der Waals surface area contributed by atoms with E-state index in [-0.39, 0.29) is 12.5 Å². The van der Waals surface area contributed by atoms with Crippen LogP contribution in [0.3, 0.4) is 0 Å². The number of para-hydroxylation sites is 1. The van der Waals surface area contributed by atoms with Gasteiger partial charge >= 0.3 is 0 Å². The molecule has 0 bridgehead atoms. The van der Waals surface area contributed by atoms with Crippen LogP contribution in [-0.4, -0.2) is 27.8 Å². The van der Waals surface area contributed by atoms with Crippen LogP contribution in [0.1, 0.15) is 11.1 Å². The van der Waals surface area contributed by atoms with E-state index < -0.39 is 0 Å². The molecule has 33 heavy (non-hydrogen) atoms. The summed E-state index contributed by atoms with van der Waals surface area (Å²) in [5.41, 5.74) is 2.81. The van der Waals surface area contributed by atoms with Gasteiger partial charge in [0, 0.05) is 17.7 Å². The third-order valence-electron chi connectivity index (χ3n) is 5.09. The molecule has 1 aromatic heterocycles. The van der Waals surface area contributed by atoms with Crippen LogP contribution >= 0.6 is 12.2 Å². The number of methoxy groups -OCH3 is 1. The van der Waals surface area contributed by atoms with E-state index in [1.807, 2.05) is 78.9 Å². The van der Waals surface area contributed by atoms with Crippen molar-refractivity contribution in [1.29, 1.82) is 0 Å². The van der Waals surface area contributed by atoms with Crippen molar-refractivity contribution < 1.29 is 14.3 Å². The lowest BCUT2D eigenvalue weighted by Gasteiger charge is -2.13. The number of aromatic nitrogens is 3. The minimum Gasteiger partial charge on any atom is -0.497 e. The van der Waals surface area contributed by atoms with Gasteiger partial charge in [-0.15, -0.1) is 0 Å². The molecule has 0 spiro atoms. The van der Waals surface area contributed by atoms with Crippen molar-refractivity contribution in [3.8, 4) is 22.9 Å². The second kappa shape index (κ2) is 10.6. The number of hydrogen-bond acceptors (Lipinski definition) is 5. The lowest BCUT2D eigenvalue weighted by atomic mass is 10.2. The quantitative estimate of drug-likeness (QED) is 0.359. The second-order valence-electron chi connectivity index (χ2n) is 7.33. The summed E-state index contributed by atoms with van der Waals surface area (Å²) in [4.78, 5) is 12.7. The third kappa shape index (κ3) is 5.67. The van der Waals surface area contributed by atoms with Crippen molar-refractivity contribution >= 4 is 18.1 Å². The molecule has 0 fully saturated rings. The van der Waals surface area contributed by atoms with E-state index in [9.17, 15) is 4.79 Å². The molecule has 0 aliphatic heterocycles. The fourth-order valence-corrected chi connectivity index (χ4v) is 3.54. The molecule has 1 heterocycles. The summed E-state index contributed by atoms with van der Waals surface area (Å²) in [7, 11) is 1.61. The first-order valence-corrected chi connectivity index (χ1v) is 10.9. The molecule has 8 heteroatoms. The molecule has 7 nitrogen and oxygen atoms in total. The largest absolute Gasteiger partial charge is 0.497 e. The van der Waals surface area contributed by atoms with Crippen LogP contribution in [-0.2, 0) is 24.5 Å². The molecule has 4 rings (SSSR count). The van der Waals surface area contributed by atoms with Gasteiger partial charge in [-0.3, -0.25) is 14.5 Å². The summed E-state index contributed by atoms with van der Waals surface area (Å²) < 4.78 is 13.2. The number of H-pyrrole nitrogens is 1. The maximum absolute atomic E-state index is 12.7. The van der Waals surface area contributed by atoms with Gasteiger partial charge in [0.2, 0.25) is 5.91 Å². The van der Waals surface area contributed by atoms with E-state index in [4.69, 9.17) is 21.7 Å². The zero-order chi connectivity index (χ0) is 23.0. The van der Waals surface area contributed by atoms with Crippen LogP contribution in [0.4, 0.5) is 0 Å². The van der Waals surface area contributed by atoms with Crippen LogP contribution in [0, 0.1) is 4.77 Å². The minimum absolute atomic E-state index is 0.0454. The number of carbonyl (C=O) groups is 1. The smallest absolute Gasteiger partial charge is 0.240 e. The Bertz CT molecular complexity index is 1270. The Labute approximate surface area is 197 Å². The molecule has 1 amide bonds. The Balaban J connectivity index is 1.40. The number of amides is 1. The fraction of sp³-hybridized carbons (Fsp3) is 0.160. The predicted molar refractivity (Wildman–Crippen MR) is 128 cm³/mol. The Kier molecular flexibility index (Phi) is 7.16. The van der Waals surface area contributed by atoms with Crippen molar-refractivity contribution in [1.82, 2.24) is 20.1 Å². The number of hydrogen-bond donors (Lipinski definition) is 2.